The summed E-state index contributed by atoms with van der Waals surface area (Å²) in [6, 6.07) is 6.67. The number of rotatable bonds is 3. The van der Waals surface area contributed by atoms with Crippen LogP contribution in [0.25, 0.3) is 0 Å². The topological polar surface area (TPSA) is 26.3 Å². The van der Waals surface area contributed by atoms with Gasteiger partial charge in [-0.15, -0.1) is 0 Å². The molecule has 15 heavy (non-hydrogen) atoms. The minimum atomic E-state index is -0.369. The summed E-state index contributed by atoms with van der Waals surface area (Å²) in [6.45, 7) is 3.98. The van der Waals surface area contributed by atoms with Gasteiger partial charge in [0.2, 0.25) is 0 Å². The first-order valence-corrected chi connectivity index (χ1v) is 5.11. The highest BCUT2D eigenvalue weighted by atomic mass is 35.5. The lowest BCUT2D eigenvalue weighted by Crippen LogP contribution is -2.03. The number of benzene rings is 1. The molecule has 0 aliphatic rings. The molecule has 0 radical (unpaired) electrons. The first-order valence-electron chi connectivity index (χ1n) is 4.73. The predicted octanol–water partition coefficient (Wildman–Crippen LogP) is 3.46. The molecule has 0 unspecified atom stereocenters. The Balaban J connectivity index is 2.55. The lowest BCUT2D eigenvalue weighted by atomic mass is 10.2. The fourth-order valence-corrected chi connectivity index (χ4v) is 1.05. The predicted molar refractivity (Wildman–Crippen MR) is 61.1 cm³/mol. The fourth-order valence-electron chi connectivity index (χ4n) is 0.924. The van der Waals surface area contributed by atoms with Gasteiger partial charge in [-0.2, -0.15) is 0 Å². The summed E-state index contributed by atoms with van der Waals surface area (Å²) >= 11 is 5.70. The number of hydrogen-bond acceptors (Lipinski definition) is 2. The van der Waals surface area contributed by atoms with Crippen LogP contribution in [-0.4, -0.2) is 5.97 Å². The quantitative estimate of drug-likeness (QED) is 0.447. The van der Waals surface area contributed by atoms with E-state index in [4.69, 9.17) is 16.3 Å². The first-order chi connectivity index (χ1) is 7.08. The van der Waals surface area contributed by atoms with E-state index in [1.54, 1.807) is 30.3 Å². The monoisotopic (exact) mass is 224 g/mol. The minimum Gasteiger partial charge on any atom is -0.423 e. The van der Waals surface area contributed by atoms with Crippen molar-refractivity contribution in [1.82, 2.24) is 0 Å². The molecule has 0 amide bonds. The molecule has 0 saturated heterocycles. The smallest absolute Gasteiger partial charge is 0.335 e. The van der Waals surface area contributed by atoms with E-state index in [0.717, 1.165) is 0 Å². The van der Waals surface area contributed by atoms with Gasteiger partial charge in [-0.1, -0.05) is 31.5 Å². The van der Waals surface area contributed by atoms with Crippen LogP contribution >= 0.6 is 11.6 Å². The average molecular weight is 225 g/mol. The number of carbonyl (C=O) groups is 1. The lowest BCUT2D eigenvalue weighted by molar-refractivity contribution is -0.129. The summed E-state index contributed by atoms with van der Waals surface area (Å²) in [5.74, 6) is 0.464. The van der Waals surface area contributed by atoms with Crippen molar-refractivity contribution in [2.45, 2.75) is 13.8 Å². The molecule has 0 aromatic heterocycles. The zero-order valence-corrected chi connectivity index (χ0v) is 9.49. The van der Waals surface area contributed by atoms with Crippen molar-refractivity contribution in [3.05, 3.63) is 41.4 Å². The Kier molecular flexibility index (Phi) is 4.37. The Morgan fingerprint density at radius 2 is 1.93 bits per heavy atom. The van der Waals surface area contributed by atoms with Gasteiger partial charge in [-0.05, 0) is 30.2 Å². The van der Waals surface area contributed by atoms with Crippen LogP contribution in [0.15, 0.2) is 36.4 Å². The number of allylic oxidation sites excluding steroid dienone is 1. The summed E-state index contributed by atoms with van der Waals surface area (Å²) in [4.78, 5) is 11.3. The third-order valence-electron chi connectivity index (χ3n) is 1.65. The van der Waals surface area contributed by atoms with Crippen LogP contribution in [0, 0.1) is 5.92 Å². The molecule has 0 spiro atoms. The second-order valence-electron chi connectivity index (χ2n) is 3.48. The second-order valence-corrected chi connectivity index (χ2v) is 3.91. The Morgan fingerprint density at radius 3 is 2.47 bits per heavy atom. The van der Waals surface area contributed by atoms with E-state index in [1.807, 2.05) is 13.8 Å². The van der Waals surface area contributed by atoms with E-state index in [-0.39, 0.29) is 5.97 Å². The van der Waals surface area contributed by atoms with E-state index in [2.05, 4.69) is 0 Å². The molecular weight excluding hydrogens is 212 g/mol. The molecule has 0 fully saturated rings. The second kappa shape index (κ2) is 5.56. The van der Waals surface area contributed by atoms with Crippen LogP contribution in [-0.2, 0) is 4.79 Å². The SMILES string of the molecule is CC(C)/C=C/C(=O)Oc1ccc(Cl)cc1. The molecule has 0 aliphatic heterocycles. The van der Waals surface area contributed by atoms with Gasteiger partial charge in [-0.25, -0.2) is 4.79 Å². The highest BCUT2D eigenvalue weighted by Crippen LogP contribution is 2.15. The van der Waals surface area contributed by atoms with Gasteiger partial charge < -0.3 is 4.74 Å². The number of carbonyl (C=O) groups excluding carboxylic acids is 1. The third-order valence-corrected chi connectivity index (χ3v) is 1.90. The Morgan fingerprint density at radius 1 is 1.33 bits per heavy atom. The van der Waals surface area contributed by atoms with E-state index in [0.29, 0.717) is 16.7 Å². The molecule has 1 rings (SSSR count). The van der Waals surface area contributed by atoms with Crippen molar-refractivity contribution < 1.29 is 9.53 Å². The molecule has 0 bridgehead atoms. The number of esters is 1. The Hall–Kier alpha value is -1.28. The van der Waals surface area contributed by atoms with E-state index in [1.165, 1.54) is 6.08 Å². The average Bonchev–Trinajstić information content (AvgIpc) is 2.19. The largest absolute Gasteiger partial charge is 0.423 e. The minimum absolute atomic E-state index is 0.336. The third kappa shape index (κ3) is 4.66. The molecular formula is C12H13ClO2. The van der Waals surface area contributed by atoms with Gasteiger partial charge in [0.25, 0.3) is 0 Å². The van der Waals surface area contributed by atoms with Gasteiger partial charge in [-0.3, -0.25) is 0 Å². The number of ether oxygens (including phenoxy) is 1. The molecule has 0 N–H and O–H groups in total. The highest BCUT2D eigenvalue weighted by molar-refractivity contribution is 6.30. The van der Waals surface area contributed by atoms with Gasteiger partial charge >= 0.3 is 5.97 Å². The van der Waals surface area contributed by atoms with Crippen molar-refractivity contribution in [3.8, 4) is 5.75 Å². The first kappa shape index (κ1) is 11.8. The molecule has 2 nitrogen and oxygen atoms in total. The van der Waals surface area contributed by atoms with Crippen LogP contribution in [0.2, 0.25) is 5.02 Å². The maximum atomic E-state index is 11.3. The summed E-state index contributed by atoms with van der Waals surface area (Å²) in [6.07, 6.45) is 3.22. The van der Waals surface area contributed by atoms with Gasteiger partial charge in [0, 0.05) is 11.1 Å². The summed E-state index contributed by atoms with van der Waals surface area (Å²) in [5, 5.41) is 0.618. The maximum absolute atomic E-state index is 11.3. The van der Waals surface area contributed by atoms with Crippen LogP contribution < -0.4 is 4.74 Å². The molecule has 1 aromatic carbocycles. The highest BCUT2D eigenvalue weighted by Gasteiger charge is 2.00. The van der Waals surface area contributed by atoms with Crippen molar-refractivity contribution >= 4 is 17.6 Å². The van der Waals surface area contributed by atoms with Crippen molar-refractivity contribution in [3.63, 3.8) is 0 Å². The number of hydrogen-bond donors (Lipinski definition) is 0. The maximum Gasteiger partial charge on any atom is 0.335 e. The van der Waals surface area contributed by atoms with E-state index < -0.39 is 0 Å². The van der Waals surface area contributed by atoms with Gasteiger partial charge in [0.1, 0.15) is 5.75 Å². The normalized spacial score (nSPS) is 10.9. The Labute approximate surface area is 94.5 Å². The number of halogens is 1. The fraction of sp³-hybridized carbons (Fsp3) is 0.250. The summed E-state index contributed by atoms with van der Waals surface area (Å²) < 4.78 is 5.04. The molecule has 0 aliphatic carbocycles. The van der Waals surface area contributed by atoms with Crippen molar-refractivity contribution in [1.29, 1.82) is 0 Å². The molecule has 1 aromatic rings. The van der Waals surface area contributed by atoms with Crippen LogP contribution in [0.4, 0.5) is 0 Å². The summed E-state index contributed by atoms with van der Waals surface area (Å²) in [5.41, 5.74) is 0. The van der Waals surface area contributed by atoms with Crippen molar-refractivity contribution in [2.75, 3.05) is 0 Å². The van der Waals surface area contributed by atoms with Gasteiger partial charge in [0.05, 0.1) is 0 Å². The van der Waals surface area contributed by atoms with Crippen molar-refractivity contribution in [2.24, 2.45) is 5.92 Å². The zero-order valence-electron chi connectivity index (χ0n) is 8.74. The molecule has 0 atom stereocenters. The molecule has 0 heterocycles. The van der Waals surface area contributed by atoms with Gasteiger partial charge in [0.15, 0.2) is 0 Å². The van der Waals surface area contributed by atoms with E-state index in [9.17, 15) is 4.79 Å². The molecule has 3 heteroatoms. The molecule has 0 saturated carbocycles. The van der Waals surface area contributed by atoms with E-state index >= 15 is 0 Å². The lowest BCUT2D eigenvalue weighted by Gasteiger charge is -2.01. The Bertz CT molecular complexity index is 352. The summed E-state index contributed by atoms with van der Waals surface area (Å²) in [7, 11) is 0. The van der Waals surface area contributed by atoms with Crippen LogP contribution in [0.3, 0.4) is 0 Å². The standard InChI is InChI=1S/C12H13ClO2/c1-9(2)3-8-12(14)15-11-6-4-10(13)5-7-11/h3-9H,1-2H3/b8-3+. The zero-order chi connectivity index (χ0) is 11.3. The van der Waals surface area contributed by atoms with Crippen LogP contribution in [0.5, 0.6) is 5.75 Å². The molecule has 80 valence electrons. The van der Waals surface area contributed by atoms with Crippen LogP contribution in [0.1, 0.15) is 13.8 Å².